The van der Waals surface area contributed by atoms with Gasteiger partial charge in [0.1, 0.15) is 31.0 Å². The zero-order valence-corrected chi connectivity index (χ0v) is 19.5. The van der Waals surface area contributed by atoms with E-state index in [0.717, 1.165) is 16.7 Å². The largest absolute Gasteiger partial charge is 0.489 e. The van der Waals surface area contributed by atoms with Gasteiger partial charge < -0.3 is 19.0 Å². The number of nitro groups is 1. The van der Waals surface area contributed by atoms with Crippen molar-refractivity contribution in [2.75, 3.05) is 20.8 Å². The summed E-state index contributed by atoms with van der Waals surface area (Å²) in [6.45, 7) is 4.31. The lowest BCUT2D eigenvalue weighted by molar-refractivity contribution is -0.384. The summed E-state index contributed by atoms with van der Waals surface area (Å²) in [5.74, 6) is 0.987. The highest BCUT2D eigenvalue weighted by atomic mass is 16.6. The number of hydrogen-bond acceptors (Lipinski definition) is 8. The first-order valence-corrected chi connectivity index (χ1v) is 10.5. The molecule has 0 atom stereocenters. The molecular weight excluding hydrogens is 440 g/mol. The number of esters is 1. The molecule has 0 unspecified atom stereocenters. The number of allylic oxidation sites excluding steroid dienone is 2. The summed E-state index contributed by atoms with van der Waals surface area (Å²) in [4.78, 5) is 27.5. The van der Waals surface area contributed by atoms with Crippen LogP contribution in [-0.2, 0) is 14.4 Å². The SMILES string of the molecule is CO/N=C(\C(=O)OC)C1=C(COc2cccc(Oc3ccc([N+](=O)[O-])cc3)c2)CC(C)=C(C)C1. The van der Waals surface area contributed by atoms with Crippen LogP contribution >= 0.6 is 0 Å². The Morgan fingerprint density at radius 2 is 1.68 bits per heavy atom. The molecule has 0 spiro atoms. The molecule has 2 aromatic carbocycles. The molecule has 9 nitrogen and oxygen atoms in total. The van der Waals surface area contributed by atoms with Crippen molar-refractivity contribution < 1.29 is 28.8 Å². The highest BCUT2D eigenvalue weighted by Gasteiger charge is 2.26. The Morgan fingerprint density at radius 3 is 2.32 bits per heavy atom. The molecule has 178 valence electrons. The second-order valence-electron chi connectivity index (χ2n) is 7.73. The smallest absolute Gasteiger partial charge is 0.360 e. The van der Waals surface area contributed by atoms with Gasteiger partial charge in [0.25, 0.3) is 5.69 Å². The third-order valence-corrected chi connectivity index (χ3v) is 5.42. The van der Waals surface area contributed by atoms with Gasteiger partial charge in [0.2, 0.25) is 0 Å². The molecule has 0 heterocycles. The summed E-state index contributed by atoms with van der Waals surface area (Å²) < 4.78 is 16.7. The van der Waals surface area contributed by atoms with Gasteiger partial charge in [0.05, 0.1) is 12.0 Å². The van der Waals surface area contributed by atoms with Gasteiger partial charge in [-0.25, -0.2) is 4.79 Å². The van der Waals surface area contributed by atoms with Crippen molar-refractivity contribution >= 4 is 17.4 Å². The Labute approximate surface area is 197 Å². The zero-order chi connectivity index (χ0) is 24.7. The summed E-state index contributed by atoms with van der Waals surface area (Å²) in [6, 6.07) is 12.9. The number of carbonyl (C=O) groups is 1. The third-order valence-electron chi connectivity index (χ3n) is 5.42. The number of nitro benzene ring substituents is 1. The minimum Gasteiger partial charge on any atom is -0.489 e. The van der Waals surface area contributed by atoms with Gasteiger partial charge in [-0.1, -0.05) is 22.4 Å². The summed E-state index contributed by atoms with van der Waals surface area (Å²) in [5, 5.41) is 14.7. The first-order chi connectivity index (χ1) is 16.3. The number of hydrogen-bond donors (Lipinski definition) is 0. The third kappa shape index (κ3) is 6.00. The van der Waals surface area contributed by atoms with E-state index in [1.165, 1.54) is 44.1 Å². The highest BCUT2D eigenvalue weighted by molar-refractivity contribution is 6.43. The van der Waals surface area contributed by atoms with Crippen molar-refractivity contribution in [1.82, 2.24) is 0 Å². The maximum Gasteiger partial charge on any atom is 0.360 e. The highest BCUT2D eigenvalue weighted by Crippen LogP contribution is 2.32. The van der Waals surface area contributed by atoms with Crippen LogP contribution in [-0.4, -0.2) is 37.4 Å². The van der Waals surface area contributed by atoms with E-state index < -0.39 is 10.9 Å². The molecule has 0 fully saturated rings. The zero-order valence-electron chi connectivity index (χ0n) is 19.5. The Bertz CT molecular complexity index is 1160. The first-order valence-electron chi connectivity index (χ1n) is 10.5. The lowest BCUT2D eigenvalue weighted by Crippen LogP contribution is -2.24. The van der Waals surface area contributed by atoms with E-state index >= 15 is 0 Å². The van der Waals surface area contributed by atoms with Gasteiger partial charge in [-0.05, 0) is 62.1 Å². The minimum atomic E-state index is -0.569. The number of ether oxygens (including phenoxy) is 3. The lowest BCUT2D eigenvalue weighted by Gasteiger charge is -2.23. The topological polar surface area (TPSA) is 109 Å². The van der Waals surface area contributed by atoms with Gasteiger partial charge in [0, 0.05) is 18.2 Å². The molecule has 2 aromatic rings. The van der Waals surface area contributed by atoms with Crippen LogP contribution in [0.5, 0.6) is 17.2 Å². The van der Waals surface area contributed by atoms with Crippen molar-refractivity contribution in [3.63, 3.8) is 0 Å². The van der Waals surface area contributed by atoms with Gasteiger partial charge in [-0.15, -0.1) is 0 Å². The maximum absolute atomic E-state index is 12.3. The van der Waals surface area contributed by atoms with Gasteiger partial charge in [0.15, 0.2) is 5.71 Å². The Kier molecular flexibility index (Phi) is 8.02. The lowest BCUT2D eigenvalue weighted by atomic mass is 9.85. The predicted octanol–water partition coefficient (Wildman–Crippen LogP) is 5.37. The van der Waals surface area contributed by atoms with Gasteiger partial charge >= 0.3 is 5.97 Å². The normalized spacial score (nSPS) is 14.1. The van der Waals surface area contributed by atoms with E-state index in [4.69, 9.17) is 19.0 Å². The average Bonchev–Trinajstić information content (AvgIpc) is 2.83. The monoisotopic (exact) mass is 466 g/mol. The number of non-ortho nitro benzene ring substituents is 1. The summed E-state index contributed by atoms with van der Waals surface area (Å²) >= 11 is 0. The molecule has 1 aliphatic rings. The van der Waals surface area contributed by atoms with Crippen molar-refractivity contribution in [2.24, 2.45) is 5.16 Å². The van der Waals surface area contributed by atoms with Crippen LogP contribution in [0.2, 0.25) is 0 Å². The number of rotatable bonds is 9. The molecule has 0 N–H and O–H groups in total. The molecule has 0 radical (unpaired) electrons. The molecular formula is C25H26N2O7. The number of methoxy groups -OCH3 is 1. The summed E-state index contributed by atoms with van der Waals surface area (Å²) in [7, 11) is 2.68. The van der Waals surface area contributed by atoms with Crippen LogP contribution in [0, 0.1) is 10.1 Å². The van der Waals surface area contributed by atoms with Crippen LogP contribution in [0.3, 0.4) is 0 Å². The fraction of sp³-hybridized carbons (Fsp3) is 0.280. The molecule has 0 aliphatic heterocycles. The predicted molar refractivity (Wildman–Crippen MR) is 126 cm³/mol. The first kappa shape index (κ1) is 24.5. The van der Waals surface area contributed by atoms with Crippen molar-refractivity contribution in [3.8, 4) is 17.2 Å². The fourth-order valence-electron chi connectivity index (χ4n) is 3.48. The fourth-order valence-corrected chi connectivity index (χ4v) is 3.48. The van der Waals surface area contributed by atoms with Crippen LogP contribution in [0.4, 0.5) is 5.69 Å². The number of benzene rings is 2. The van der Waals surface area contributed by atoms with E-state index in [1.54, 1.807) is 24.3 Å². The van der Waals surface area contributed by atoms with Crippen molar-refractivity contribution in [3.05, 3.63) is 80.9 Å². The molecule has 1 aliphatic carbocycles. The molecule has 0 amide bonds. The standard InChI is InChI=1S/C25H26N2O7/c1-16-12-18(23(13-17(16)2)24(26-32-4)25(28)31-3)15-33-21-6-5-7-22(14-21)34-20-10-8-19(9-11-20)27(29)30/h5-11,14H,12-13,15H2,1-4H3/b26-24-. The quantitative estimate of drug-likeness (QED) is 0.161. The van der Waals surface area contributed by atoms with Crippen molar-refractivity contribution in [2.45, 2.75) is 26.7 Å². The van der Waals surface area contributed by atoms with Crippen LogP contribution in [0.15, 0.2) is 76.0 Å². The molecule has 34 heavy (non-hydrogen) atoms. The number of carbonyl (C=O) groups excluding carboxylic acids is 1. The Hall–Kier alpha value is -4.14. The van der Waals surface area contributed by atoms with Crippen LogP contribution in [0.25, 0.3) is 0 Å². The molecule has 3 rings (SSSR count). The molecule has 0 aromatic heterocycles. The minimum absolute atomic E-state index is 0.0103. The Balaban J connectivity index is 1.78. The van der Waals surface area contributed by atoms with Gasteiger partial charge in [-0.2, -0.15) is 0 Å². The van der Waals surface area contributed by atoms with Gasteiger partial charge in [-0.3, -0.25) is 10.1 Å². The summed E-state index contributed by atoms with van der Waals surface area (Å²) in [6.07, 6.45) is 1.19. The number of nitrogens with zero attached hydrogens (tertiary/aromatic N) is 2. The molecule has 0 saturated heterocycles. The van der Waals surface area contributed by atoms with Crippen LogP contribution < -0.4 is 9.47 Å². The Morgan fingerprint density at radius 1 is 1.00 bits per heavy atom. The van der Waals surface area contributed by atoms with E-state index in [2.05, 4.69) is 12.1 Å². The van der Waals surface area contributed by atoms with E-state index in [1.807, 2.05) is 6.92 Å². The second kappa shape index (κ2) is 11.1. The van der Waals surface area contributed by atoms with E-state index in [9.17, 15) is 14.9 Å². The van der Waals surface area contributed by atoms with Crippen molar-refractivity contribution in [1.29, 1.82) is 0 Å². The average molecular weight is 466 g/mol. The number of oxime groups is 1. The maximum atomic E-state index is 12.3. The van der Waals surface area contributed by atoms with Crippen LogP contribution in [0.1, 0.15) is 26.7 Å². The summed E-state index contributed by atoms with van der Waals surface area (Å²) in [5.41, 5.74) is 4.12. The molecule has 9 heteroatoms. The van der Waals surface area contributed by atoms with E-state index in [0.29, 0.717) is 30.1 Å². The molecule has 0 bridgehead atoms. The molecule has 0 saturated carbocycles. The second-order valence-corrected chi connectivity index (χ2v) is 7.73. The van der Waals surface area contributed by atoms with E-state index in [-0.39, 0.29) is 18.0 Å².